The molecular weight excluding hydrogens is 226 g/mol. The molecule has 0 amide bonds. The minimum Gasteiger partial charge on any atom is -0.312 e. The highest BCUT2D eigenvalue weighted by Crippen LogP contribution is 2.10. The number of aryl methyl sites for hydroxylation is 1. The molecule has 1 aromatic carbocycles. The van der Waals surface area contributed by atoms with E-state index in [1.54, 1.807) is 0 Å². The minimum absolute atomic E-state index is 0.982. The fourth-order valence-corrected chi connectivity index (χ4v) is 2.67. The van der Waals surface area contributed by atoms with Crippen LogP contribution in [0.5, 0.6) is 0 Å². The lowest BCUT2D eigenvalue weighted by Crippen LogP contribution is -2.17. The van der Waals surface area contributed by atoms with Crippen molar-refractivity contribution in [2.75, 3.05) is 6.54 Å². The van der Waals surface area contributed by atoms with E-state index < -0.39 is 0 Å². The van der Waals surface area contributed by atoms with Gasteiger partial charge in [0.15, 0.2) is 0 Å². The van der Waals surface area contributed by atoms with Gasteiger partial charge in [-0.1, -0.05) is 37.3 Å². The van der Waals surface area contributed by atoms with Gasteiger partial charge in [-0.15, -0.1) is 11.3 Å². The fraction of sp³-hybridized carbons (Fsp3) is 0.333. The third-order valence-electron chi connectivity index (χ3n) is 2.94. The van der Waals surface area contributed by atoms with Gasteiger partial charge in [0, 0.05) is 18.0 Å². The summed E-state index contributed by atoms with van der Waals surface area (Å²) in [6.07, 6.45) is 2.24. The molecule has 0 spiro atoms. The number of hydrogen-bond donors (Lipinski definition) is 1. The van der Waals surface area contributed by atoms with Gasteiger partial charge in [-0.25, -0.2) is 0 Å². The van der Waals surface area contributed by atoms with Crippen molar-refractivity contribution >= 4 is 11.3 Å². The molecule has 1 N–H and O–H groups in total. The Morgan fingerprint density at radius 3 is 2.59 bits per heavy atom. The van der Waals surface area contributed by atoms with Crippen LogP contribution in [0.1, 0.15) is 22.9 Å². The molecule has 0 bridgehead atoms. The van der Waals surface area contributed by atoms with Crippen LogP contribution in [0.15, 0.2) is 41.8 Å². The van der Waals surface area contributed by atoms with Gasteiger partial charge in [0.1, 0.15) is 0 Å². The van der Waals surface area contributed by atoms with Crippen molar-refractivity contribution in [3.05, 3.63) is 57.8 Å². The van der Waals surface area contributed by atoms with Crippen molar-refractivity contribution in [2.45, 2.75) is 26.3 Å². The molecule has 0 radical (unpaired) electrons. The quantitative estimate of drug-likeness (QED) is 0.766. The Kier molecular flexibility index (Phi) is 4.77. The molecule has 1 nitrogen and oxygen atoms in total. The van der Waals surface area contributed by atoms with Crippen molar-refractivity contribution in [3.8, 4) is 0 Å². The lowest BCUT2D eigenvalue weighted by atomic mass is 10.1. The Morgan fingerprint density at radius 2 is 1.88 bits per heavy atom. The average molecular weight is 245 g/mol. The van der Waals surface area contributed by atoms with Crippen molar-refractivity contribution < 1.29 is 0 Å². The largest absolute Gasteiger partial charge is 0.312 e. The third-order valence-corrected chi connectivity index (χ3v) is 3.88. The first-order chi connectivity index (χ1) is 8.40. The Hall–Kier alpha value is -1.12. The lowest BCUT2D eigenvalue weighted by molar-refractivity contribution is 0.686. The molecule has 0 atom stereocenters. The summed E-state index contributed by atoms with van der Waals surface area (Å²) in [5.74, 6) is 0. The van der Waals surface area contributed by atoms with Crippen molar-refractivity contribution in [3.63, 3.8) is 0 Å². The summed E-state index contributed by atoms with van der Waals surface area (Å²) >= 11 is 1.84. The summed E-state index contributed by atoms with van der Waals surface area (Å²) < 4.78 is 0. The van der Waals surface area contributed by atoms with Gasteiger partial charge >= 0.3 is 0 Å². The van der Waals surface area contributed by atoms with E-state index in [-0.39, 0.29) is 0 Å². The van der Waals surface area contributed by atoms with E-state index in [0.29, 0.717) is 0 Å². The maximum atomic E-state index is 3.52. The van der Waals surface area contributed by atoms with Gasteiger partial charge in [0.05, 0.1) is 0 Å². The van der Waals surface area contributed by atoms with Gasteiger partial charge in [-0.05, 0) is 35.4 Å². The Bertz CT molecular complexity index is 434. The van der Waals surface area contributed by atoms with E-state index in [4.69, 9.17) is 0 Å². The minimum atomic E-state index is 0.982. The van der Waals surface area contributed by atoms with Crippen molar-refractivity contribution in [2.24, 2.45) is 0 Å². The first-order valence-corrected chi connectivity index (χ1v) is 7.08. The number of rotatable bonds is 6. The fourth-order valence-electron chi connectivity index (χ4n) is 1.96. The zero-order chi connectivity index (χ0) is 11.9. The van der Waals surface area contributed by atoms with Gasteiger partial charge in [-0.3, -0.25) is 0 Å². The van der Waals surface area contributed by atoms with E-state index in [0.717, 1.165) is 25.9 Å². The van der Waals surface area contributed by atoms with E-state index >= 15 is 0 Å². The summed E-state index contributed by atoms with van der Waals surface area (Å²) in [5, 5.41) is 5.66. The van der Waals surface area contributed by atoms with E-state index in [1.807, 2.05) is 11.3 Å². The standard InChI is InChI=1S/C15H19NS/c1-2-13-6-3-4-7-14(13)12-16-10-9-15-8-5-11-17-15/h3-8,11,16H,2,9-10,12H2,1H3. The molecule has 1 aromatic heterocycles. The van der Waals surface area contributed by atoms with Crippen LogP contribution in [-0.2, 0) is 19.4 Å². The molecular formula is C15H19NS. The van der Waals surface area contributed by atoms with Gasteiger partial charge in [0.2, 0.25) is 0 Å². The number of hydrogen-bond acceptors (Lipinski definition) is 2. The molecule has 0 aliphatic carbocycles. The maximum absolute atomic E-state index is 3.52. The second-order valence-electron chi connectivity index (χ2n) is 4.13. The molecule has 0 fully saturated rings. The Morgan fingerprint density at radius 1 is 1.06 bits per heavy atom. The predicted octanol–water partition coefficient (Wildman–Crippen LogP) is 3.64. The first-order valence-electron chi connectivity index (χ1n) is 6.20. The van der Waals surface area contributed by atoms with Crippen molar-refractivity contribution in [1.82, 2.24) is 5.32 Å². The maximum Gasteiger partial charge on any atom is 0.0208 e. The van der Waals surface area contributed by atoms with E-state index in [1.165, 1.54) is 16.0 Å². The van der Waals surface area contributed by atoms with E-state index in [2.05, 4.69) is 54.0 Å². The molecule has 0 aliphatic rings. The summed E-state index contributed by atoms with van der Waals surface area (Å²) in [6.45, 7) is 4.25. The van der Waals surface area contributed by atoms with Crippen LogP contribution in [0, 0.1) is 0 Å². The van der Waals surface area contributed by atoms with Crippen LogP contribution in [0.4, 0.5) is 0 Å². The number of thiophene rings is 1. The molecule has 90 valence electrons. The van der Waals surface area contributed by atoms with Gasteiger partial charge in [-0.2, -0.15) is 0 Å². The monoisotopic (exact) mass is 245 g/mol. The molecule has 2 heteroatoms. The van der Waals surface area contributed by atoms with E-state index in [9.17, 15) is 0 Å². The Balaban J connectivity index is 1.78. The highest BCUT2D eigenvalue weighted by Gasteiger charge is 1.99. The molecule has 2 aromatic rings. The van der Waals surface area contributed by atoms with Crippen LogP contribution < -0.4 is 5.32 Å². The summed E-state index contributed by atoms with van der Waals surface area (Å²) in [5.41, 5.74) is 2.89. The topological polar surface area (TPSA) is 12.0 Å². The lowest BCUT2D eigenvalue weighted by Gasteiger charge is -2.08. The second-order valence-corrected chi connectivity index (χ2v) is 5.16. The molecule has 2 rings (SSSR count). The molecule has 0 unspecified atom stereocenters. The van der Waals surface area contributed by atoms with Crippen LogP contribution in [0.25, 0.3) is 0 Å². The molecule has 17 heavy (non-hydrogen) atoms. The van der Waals surface area contributed by atoms with Gasteiger partial charge in [0.25, 0.3) is 0 Å². The summed E-state index contributed by atoms with van der Waals surface area (Å²) in [4.78, 5) is 1.46. The van der Waals surface area contributed by atoms with Crippen LogP contribution in [0.3, 0.4) is 0 Å². The number of benzene rings is 1. The molecule has 0 saturated carbocycles. The van der Waals surface area contributed by atoms with Crippen LogP contribution in [0.2, 0.25) is 0 Å². The third kappa shape index (κ3) is 3.69. The second kappa shape index (κ2) is 6.58. The molecule has 1 heterocycles. The van der Waals surface area contributed by atoms with Crippen molar-refractivity contribution in [1.29, 1.82) is 0 Å². The Labute approximate surface area is 108 Å². The highest BCUT2D eigenvalue weighted by atomic mass is 32.1. The zero-order valence-electron chi connectivity index (χ0n) is 10.3. The SMILES string of the molecule is CCc1ccccc1CNCCc1cccs1. The summed E-state index contributed by atoms with van der Waals surface area (Å²) in [7, 11) is 0. The van der Waals surface area contributed by atoms with Crippen LogP contribution in [-0.4, -0.2) is 6.54 Å². The first kappa shape index (κ1) is 12.3. The molecule has 0 aliphatic heterocycles. The summed E-state index contributed by atoms with van der Waals surface area (Å²) in [6, 6.07) is 13.0. The molecule has 0 saturated heterocycles. The highest BCUT2D eigenvalue weighted by molar-refractivity contribution is 7.09. The average Bonchev–Trinajstić information content (AvgIpc) is 2.88. The predicted molar refractivity (Wildman–Crippen MR) is 75.5 cm³/mol. The smallest absolute Gasteiger partial charge is 0.0208 e. The number of nitrogens with one attached hydrogen (secondary N) is 1. The zero-order valence-corrected chi connectivity index (χ0v) is 11.1. The normalized spacial score (nSPS) is 10.6. The van der Waals surface area contributed by atoms with Crippen LogP contribution >= 0.6 is 11.3 Å². The van der Waals surface area contributed by atoms with Gasteiger partial charge < -0.3 is 5.32 Å².